The van der Waals surface area contributed by atoms with Crippen molar-refractivity contribution in [1.82, 2.24) is 9.80 Å². The maximum Gasteiger partial charge on any atom is 0.242 e. The summed E-state index contributed by atoms with van der Waals surface area (Å²) in [4.78, 5) is 34.3. The molecule has 0 bridgehead atoms. The van der Waals surface area contributed by atoms with Crippen LogP contribution >= 0.6 is 11.6 Å². The number of allylic oxidation sites excluding steroid dienone is 1. The molecule has 1 N–H and O–H groups in total. The average Bonchev–Trinajstić information content (AvgIpc) is 3.12. The van der Waals surface area contributed by atoms with Gasteiger partial charge in [0.15, 0.2) is 5.78 Å². The SMILES string of the molecule is CC1(C)CC(=O)C2=C(C1)Nc1ccccc1N(CC(=O)N1CCN(C/C=C/c3ccccc3)CC1)C2c1ccc(Cl)cc1. The van der Waals surface area contributed by atoms with Crippen molar-refractivity contribution in [3.05, 3.63) is 112 Å². The number of piperazine rings is 1. The van der Waals surface area contributed by atoms with Gasteiger partial charge in [-0.05, 0) is 47.2 Å². The van der Waals surface area contributed by atoms with Crippen LogP contribution in [0.1, 0.15) is 43.9 Å². The third-order valence-corrected chi connectivity index (χ3v) is 8.95. The molecular weight excluding hydrogens is 556 g/mol. The van der Waals surface area contributed by atoms with Gasteiger partial charge in [-0.25, -0.2) is 0 Å². The number of anilines is 2. The smallest absolute Gasteiger partial charge is 0.242 e. The molecular formula is C36H39ClN4O2. The second kappa shape index (κ2) is 12.4. The quantitative estimate of drug-likeness (QED) is 0.340. The first kappa shape index (κ1) is 29.2. The van der Waals surface area contributed by atoms with E-state index in [-0.39, 0.29) is 23.7 Å². The van der Waals surface area contributed by atoms with Crippen molar-refractivity contribution in [3.8, 4) is 0 Å². The molecule has 3 aliphatic rings. The van der Waals surface area contributed by atoms with Crippen molar-refractivity contribution >= 4 is 40.7 Å². The minimum atomic E-state index is -0.402. The number of para-hydroxylation sites is 2. The van der Waals surface area contributed by atoms with E-state index in [9.17, 15) is 9.59 Å². The first-order chi connectivity index (χ1) is 20.8. The first-order valence-corrected chi connectivity index (χ1v) is 15.5. The summed E-state index contributed by atoms with van der Waals surface area (Å²) in [6, 6.07) is 25.7. The van der Waals surface area contributed by atoms with Crippen LogP contribution in [0, 0.1) is 5.41 Å². The topological polar surface area (TPSA) is 55.9 Å². The summed E-state index contributed by atoms with van der Waals surface area (Å²) in [5, 5.41) is 4.27. The number of Topliss-reactive ketones (excluding diaryl/α,β-unsaturated/α-hetero) is 1. The maximum absolute atomic E-state index is 14.0. The van der Waals surface area contributed by atoms with Crippen molar-refractivity contribution in [2.45, 2.75) is 32.7 Å². The van der Waals surface area contributed by atoms with Gasteiger partial charge in [0.2, 0.25) is 5.91 Å². The van der Waals surface area contributed by atoms with Crippen LogP contribution in [0.3, 0.4) is 0 Å². The number of hydrogen-bond donors (Lipinski definition) is 1. The largest absolute Gasteiger partial charge is 0.357 e. The summed E-state index contributed by atoms with van der Waals surface area (Å²) < 4.78 is 0. The lowest BCUT2D eigenvalue weighted by molar-refractivity contribution is -0.131. The minimum Gasteiger partial charge on any atom is -0.357 e. The molecule has 1 fully saturated rings. The first-order valence-electron chi connectivity index (χ1n) is 15.1. The van der Waals surface area contributed by atoms with Crippen molar-refractivity contribution in [2.24, 2.45) is 5.41 Å². The number of halogens is 1. The molecule has 2 heterocycles. The van der Waals surface area contributed by atoms with Crippen LogP contribution < -0.4 is 10.2 Å². The number of fused-ring (bicyclic) bond motifs is 1. The Morgan fingerprint density at radius 1 is 0.930 bits per heavy atom. The molecule has 222 valence electrons. The van der Waals surface area contributed by atoms with Gasteiger partial charge in [0, 0.05) is 55.4 Å². The highest BCUT2D eigenvalue weighted by Crippen LogP contribution is 2.48. The van der Waals surface area contributed by atoms with Crippen molar-refractivity contribution in [1.29, 1.82) is 0 Å². The third kappa shape index (κ3) is 6.56. The van der Waals surface area contributed by atoms with Gasteiger partial charge in [-0.3, -0.25) is 14.5 Å². The van der Waals surface area contributed by atoms with E-state index in [1.165, 1.54) is 5.56 Å². The number of amides is 1. The molecule has 6 rings (SSSR count). The molecule has 6 nitrogen and oxygen atoms in total. The van der Waals surface area contributed by atoms with Gasteiger partial charge in [0.05, 0.1) is 24.0 Å². The molecule has 7 heteroatoms. The van der Waals surface area contributed by atoms with Gasteiger partial charge in [-0.2, -0.15) is 0 Å². The van der Waals surface area contributed by atoms with Crippen LogP contribution in [-0.2, 0) is 9.59 Å². The molecule has 0 spiro atoms. The number of hydrogen-bond acceptors (Lipinski definition) is 5. The Morgan fingerprint density at radius 2 is 1.63 bits per heavy atom. The molecule has 0 aromatic heterocycles. The highest BCUT2D eigenvalue weighted by atomic mass is 35.5. The van der Waals surface area contributed by atoms with Gasteiger partial charge >= 0.3 is 0 Å². The molecule has 3 aromatic carbocycles. The van der Waals surface area contributed by atoms with Gasteiger partial charge in [-0.15, -0.1) is 0 Å². The van der Waals surface area contributed by atoms with Gasteiger partial charge < -0.3 is 15.1 Å². The predicted molar refractivity (Wildman–Crippen MR) is 175 cm³/mol. The number of rotatable bonds is 6. The fourth-order valence-electron chi connectivity index (χ4n) is 6.55. The zero-order valence-corrected chi connectivity index (χ0v) is 25.7. The molecule has 1 saturated heterocycles. The van der Waals surface area contributed by atoms with Crippen molar-refractivity contribution in [3.63, 3.8) is 0 Å². The molecule has 0 radical (unpaired) electrons. The fourth-order valence-corrected chi connectivity index (χ4v) is 6.67. The Bertz CT molecular complexity index is 1540. The number of carbonyl (C=O) groups is 2. The summed E-state index contributed by atoms with van der Waals surface area (Å²) in [5.74, 6) is 0.196. The molecule has 1 atom stereocenters. The number of ketones is 1. The highest BCUT2D eigenvalue weighted by molar-refractivity contribution is 6.30. The average molecular weight is 595 g/mol. The summed E-state index contributed by atoms with van der Waals surface area (Å²) >= 11 is 6.29. The Kier molecular flexibility index (Phi) is 8.42. The normalized spacial score (nSPS) is 20.4. The van der Waals surface area contributed by atoms with E-state index >= 15 is 0 Å². The summed E-state index contributed by atoms with van der Waals surface area (Å²) in [6.07, 6.45) is 5.57. The second-order valence-corrected chi connectivity index (χ2v) is 13.0. The van der Waals surface area contributed by atoms with Gasteiger partial charge in [0.25, 0.3) is 0 Å². The Morgan fingerprint density at radius 3 is 2.37 bits per heavy atom. The molecule has 43 heavy (non-hydrogen) atoms. The van der Waals surface area contributed by atoms with E-state index in [1.807, 2.05) is 71.6 Å². The van der Waals surface area contributed by atoms with Crippen molar-refractivity contribution < 1.29 is 9.59 Å². The van der Waals surface area contributed by atoms with Gasteiger partial charge in [-0.1, -0.05) is 92.2 Å². The monoisotopic (exact) mass is 594 g/mol. The van der Waals surface area contributed by atoms with Crippen LogP contribution in [0.2, 0.25) is 5.02 Å². The lowest BCUT2D eigenvalue weighted by Crippen LogP contribution is -2.51. The van der Waals surface area contributed by atoms with E-state index in [4.69, 9.17) is 11.6 Å². The van der Waals surface area contributed by atoms with E-state index in [1.54, 1.807) is 0 Å². The standard InChI is InChI=1S/C36H39ClN4O2/c1-36(2)23-30-34(32(42)24-36)35(27-14-16-28(37)17-15-27)41(31-13-7-6-12-29(31)38-30)25-33(43)40-21-19-39(20-22-40)18-8-11-26-9-4-3-5-10-26/h3-17,35,38H,18-25H2,1-2H3/b11-8+. The van der Waals surface area contributed by atoms with E-state index < -0.39 is 6.04 Å². The lowest BCUT2D eigenvalue weighted by atomic mass is 9.73. The van der Waals surface area contributed by atoms with Gasteiger partial charge in [0.1, 0.15) is 0 Å². The Hall–Kier alpha value is -3.87. The Balaban J connectivity index is 1.25. The number of nitrogens with one attached hydrogen (secondary N) is 1. The van der Waals surface area contributed by atoms with Crippen LogP contribution in [0.5, 0.6) is 0 Å². The zero-order valence-electron chi connectivity index (χ0n) is 24.9. The van der Waals surface area contributed by atoms with E-state index in [2.05, 4.69) is 53.2 Å². The lowest BCUT2D eigenvalue weighted by Gasteiger charge is -2.39. The summed E-state index contributed by atoms with van der Waals surface area (Å²) in [5.41, 5.74) is 5.52. The van der Waals surface area contributed by atoms with Crippen LogP contribution in [0.15, 0.2) is 96.2 Å². The fraction of sp³-hybridized carbons (Fsp3) is 0.333. The third-order valence-electron chi connectivity index (χ3n) is 8.69. The molecule has 3 aromatic rings. The zero-order chi connectivity index (χ0) is 30.0. The number of benzene rings is 3. The summed E-state index contributed by atoms with van der Waals surface area (Å²) in [6.45, 7) is 8.32. The maximum atomic E-state index is 14.0. The van der Waals surface area contributed by atoms with Crippen LogP contribution in [-0.4, -0.2) is 60.8 Å². The predicted octanol–water partition coefficient (Wildman–Crippen LogP) is 6.81. The molecule has 1 aliphatic carbocycles. The summed E-state index contributed by atoms with van der Waals surface area (Å²) in [7, 11) is 0. The van der Waals surface area contributed by atoms with Crippen molar-refractivity contribution in [2.75, 3.05) is 49.5 Å². The number of nitrogens with zero attached hydrogens (tertiary/aromatic N) is 3. The molecule has 1 amide bonds. The second-order valence-electron chi connectivity index (χ2n) is 12.6. The van der Waals surface area contributed by atoms with E-state index in [0.717, 1.165) is 54.3 Å². The van der Waals surface area contributed by atoms with E-state index in [0.29, 0.717) is 24.5 Å². The van der Waals surface area contributed by atoms with Crippen LogP contribution in [0.25, 0.3) is 6.08 Å². The minimum absolute atomic E-state index is 0.0703. The Labute approximate surface area is 259 Å². The molecule has 2 aliphatic heterocycles. The van der Waals surface area contributed by atoms with Crippen LogP contribution in [0.4, 0.5) is 11.4 Å². The highest BCUT2D eigenvalue weighted by Gasteiger charge is 2.42. The molecule has 0 saturated carbocycles. The molecule has 1 unspecified atom stereocenters. The number of carbonyl (C=O) groups excluding carboxylic acids is 2.